The van der Waals surface area contributed by atoms with E-state index in [1.54, 1.807) is 0 Å². The second kappa shape index (κ2) is 35.1. The van der Waals surface area contributed by atoms with Gasteiger partial charge in [0, 0.05) is 47.5 Å². The van der Waals surface area contributed by atoms with Gasteiger partial charge in [-0.2, -0.15) is 18.4 Å². The first-order valence-corrected chi connectivity index (χ1v) is 38.2. The molecule has 4 aliphatic heterocycles. The maximum atomic E-state index is 5.37. The number of fused-ring (bicyclic) bond motifs is 12. The summed E-state index contributed by atoms with van der Waals surface area (Å²) in [6.07, 6.45) is 36.6. The molecule has 108 heavy (non-hydrogen) atoms. The summed E-state index contributed by atoms with van der Waals surface area (Å²) in [6, 6.07) is 77.7. The van der Waals surface area contributed by atoms with Gasteiger partial charge in [-0.1, -0.05) is 210 Å². The minimum absolute atomic E-state index is 0. The predicted molar refractivity (Wildman–Crippen MR) is 442 cm³/mol. The number of para-hydroxylation sites is 2. The molecule has 0 saturated heterocycles. The fourth-order valence-corrected chi connectivity index (χ4v) is 16.1. The van der Waals surface area contributed by atoms with Crippen LogP contribution in [0.4, 0.5) is 11.4 Å². The van der Waals surface area contributed by atoms with Gasteiger partial charge < -0.3 is 29.6 Å². The van der Waals surface area contributed by atoms with E-state index in [9.17, 15) is 0 Å². The monoisotopic (exact) mass is 1770 g/mol. The summed E-state index contributed by atoms with van der Waals surface area (Å²) in [5.41, 5.74) is 25.6. The summed E-state index contributed by atoms with van der Waals surface area (Å²) in [5, 5.41) is 9.94. The Hall–Kier alpha value is -9.66. The molecule has 10 heteroatoms. The van der Waals surface area contributed by atoms with Crippen LogP contribution >= 0.6 is 0 Å². The fraction of sp³-hybridized carbons (Fsp3) is 0.265. The van der Waals surface area contributed by atoms with Crippen molar-refractivity contribution in [3.8, 4) is 56.4 Å². The van der Waals surface area contributed by atoms with E-state index in [2.05, 4.69) is 361 Å². The van der Waals surface area contributed by atoms with Crippen molar-refractivity contribution < 1.29 is 40.2 Å². The average molecular weight is 1770 g/mol. The van der Waals surface area contributed by atoms with E-state index in [-0.39, 0.29) is 58.5 Å². The quantitative estimate of drug-likeness (QED) is 0.0959. The molecule has 8 nitrogen and oxygen atoms in total. The van der Waals surface area contributed by atoms with E-state index in [4.69, 9.17) is 5.32 Å². The standard InChI is InChI=1S/C29H32N2.2C27H27N2.C15H12N2.2Ir/c1-19(2)16-21-10-9-11-22(17-20(3)4)28(21)26-18-31-27-15-8-7-13-24(27)23-12-5-6-14-25(23)29(31)30-26;2*1-19(2)24-17-23(21-11-7-5-8-12-21)18-25(20(3)4)26(24)29-16-15-28-27(29)22-13-9-6-10-14-22;1-2-7-13-11(5-1)12-6-3-4-8-14(12)17-10-9-16-15(13)17;;/h5-13,15,18-20,23,25,29H,16-17H2,1-4H3;2*5-13,15-20H,1-4H3;1-6,8-11,13,15H;;/q-2;2*-1;-2;2*+3. The van der Waals surface area contributed by atoms with Gasteiger partial charge in [0.05, 0.1) is 11.6 Å². The zero-order valence-corrected chi connectivity index (χ0v) is 68.9. The zero-order chi connectivity index (χ0) is 73.5. The summed E-state index contributed by atoms with van der Waals surface area (Å²) >= 11 is 0. The van der Waals surface area contributed by atoms with Crippen LogP contribution in [0.3, 0.4) is 0 Å². The van der Waals surface area contributed by atoms with Crippen molar-refractivity contribution in [1.29, 1.82) is 0 Å². The van der Waals surface area contributed by atoms with Crippen molar-refractivity contribution in [2.24, 2.45) is 23.7 Å². The molecule has 0 fully saturated rings. The molecular formula is C98H98Ir2N8. The second-order valence-electron chi connectivity index (χ2n) is 30.7. The molecule has 0 N–H and O–H groups in total. The zero-order valence-electron chi connectivity index (χ0n) is 64.1. The van der Waals surface area contributed by atoms with Gasteiger partial charge in [-0.15, -0.1) is 77.5 Å². The maximum Gasteiger partial charge on any atom is 3.00 e. The van der Waals surface area contributed by atoms with Gasteiger partial charge in [0.1, 0.15) is 0 Å². The van der Waals surface area contributed by atoms with E-state index in [0.29, 0.717) is 53.3 Å². The Bertz CT molecular complexity index is 4770. The number of hydrogen-bond donors (Lipinski definition) is 0. The number of benzene rings is 9. The minimum Gasteiger partial charge on any atom is -0.671 e. The summed E-state index contributed by atoms with van der Waals surface area (Å²) in [5.74, 6) is 6.00. The second-order valence-corrected chi connectivity index (χ2v) is 30.7. The topological polar surface area (TPSA) is 70.3 Å². The number of hydrogen-bond acceptors (Lipinski definition) is 4. The Morgan fingerprint density at radius 3 is 1.28 bits per heavy atom. The van der Waals surface area contributed by atoms with Crippen molar-refractivity contribution >= 4 is 17.1 Å². The summed E-state index contributed by atoms with van der Waals surface area (Å²) < 4.78 is 4.48. The van der Waals surface area contributed by atoms with Crippen molar-refractivity contribution in [2.75, 3.05) is 9.80 Å². The average Bonchev–Trinajstić information content (AvgIpc) is 1.55. The first kappa shape index (κ1) is 77.9. The molecule has 0 bridgehead atoms. The van der Waals surface area contributed by atoms with Crippen LogP contribution < -0.4 is 9.80 Å². The maximum absolute atomic E-state index is 5.37. The van der Waals surface area contributed by atoms with Gasteiger partial charge in [-0.25, -0.2) is 24.3 Å². The molecule has 6 aliphatic rings. The molecule has 0 amide bonds. The van der Waals surface area contributed by atoms with E-state index in [0.717, 1.165) is 41.3 Å². The first-order chi connectivity index (χ1) is 51.6. The Labute approximate surface area is 670 Å². The minimum atomic E-state index is 0. The molecule has 548 valence electrons. The van der Waals surface area contributed by atoms with Crippen LogP contribution in [-0.4, -0.2) is 31.4 Å². The van der Waals surface area contributed by atoms with E-state index >= 15 is 0 Å². The molecule has 2 aliphatic carbocycles. The van der Waals surface area contributed by atoms with Gasteiger partial charge in [0.25, 0.3) is 0 Å². The Kier molecular flexibility index (Phi) is 25.4. The van der Waals surface area contributed by atoms with Crippen molar-refractivity contribution in [2.45, 2.75) is 144 Å². The fourth-order valence-electron chi connectivity index (χ4n) is 16.1. The van der Waals surface area contributed by atoms with Crippen LogP contribution in [0.5, 0.6) is 0 Å². The molecule has 6 unspecified atom stereocenters. The van der Waals surface area contributed by atoms with Gasteiger partial charge in [0.2, 0.25) is 0 Å². The van der Waals surface area contributed by atoms with Crippen LogP contribution in [0.1, 0.15) is 169 Å². The molecule has 6 atom stereocenters. The summed E-state index contributed by atoms with van der Waals surface area (Å²) in [7, 11) is 0. The molecule has 11 aromatic rings. The molecule has 9 aromatic carbocycles. The van der Waals surface area contributed by atoms with Crippen LogP contribution in [0, 0.1) is 48.0 Å². The predicted octanol–water partition coefficient (Wildman–Crippen LogP) is 25.1. The Morgan fingerprint density at radius 1 is 0.435 bits per heavy atom. The van der Waals surface area contributed by atoms with Gasteiger partial charge in [0.15, 0.2) is 0 Å². The van der Waals surface area contributed by atoms with Gasteiger partial charge in [-0.3, -0.25) is 22.1 Å². The molecule has 0 saturated carbocycles. The van der Waals surface area contributed by atoms with Gasteiger partial charge >= 0.3 is 40.2 Å². The number of imidazole rings is 2. The summed E-state index contributed by atoms with van der Waals surface area (Å²) in [4.78, 5) is 14.0. The van der Waals surface area contributed by atoms with E-state index in [1.807, 2.05) is 61.1 Å². The molecule has 0 spiro atoms. The van der Waals surface area contributed by atoms with Crippen molar-refractivity contribution in [1.82, 2.24) is 19.1 Å². The number of rotatable bonds is 15. The van der Waals surface area contributed by atoms with E-state index in [1.165, 1.54) is 95.1 Å². The smallest absolute Gasteiger partial charge is 0.671 e. The summed E-state index contributed by atoms with van der Waals surface area (Å²) in [6.45, 7) is 27.3. The first-order valence-electron chi connectivity index (χ1n) is 38.2. The van der Waals surface area contributed by atoms with Crippen molar-refractivity contribution in [3.63, 3.8) is 0 Å². The molecule has 6 heterocycles. The van der Waals surface area contributed by atoms with Crippen molar-refractivity contribution in [3.05, 3.63) is 365 Å². The molecule has 2 aromatic heterocycles. The Balaban J connectivity index is 0.000000136. The normalized spacial score (nSPS) is 17.9. The molecule has 0 radical (unpaired) electrons. The van der Waals surface area contributed by atoms with Crippen LogP contribution in [0.2, 0.25) is 0 Å². The third-order valence-corrected chi connectivity index (χ3v) is 21.0. The number of aromatic nitrogens is 4. The molecule has 17 rings (SSSR count). The van der Waals surface area contributed by atoms with E-state index < -0.39 is 0 Å². The number of anilines is 2. The van der Waals surface area contributed by atoms with Crippen LogP contribution in [-0.2, 0) is 53.1 Å². The Morgan fingerprint density at radius 2 is 0.852 bits per heavy atom. The third kappa shape index (κ3) is 16.5. The largest absolute Gasteiger partial charge is 3.00 e. The SMILES string of the molecule is CC(C)Cc1cccc(CC(C)C)c1C1=CN2c3ccccc3C3C=CC=[C-]C3C2[N-]1.CC(C)c1cc(-c2ccccc2)cc(C(C)C)c1-n1ccnc1-c1[c-]cccc1.CC(C)c1cc(-c2ccccc2)cc(C(C)C)c1-n1ccnc1-c1[c-]cccc1.[C-]1=CC=CC2c3ccccc3N3C=C[N-]C3C12.[Ir+3].[Ir+3]. The van der Waals surface area contributed by atoms with Gasteiger partial charge in [-0.05, 0) is 194 Å². The third-order valence-electron chi connectivity index (χ3n) is 21.0. The van der Waals surface area contributed by atoms with Crippen LogP contribution in [0.25, 0.3) is 72.7 Å². The number of nitrogens with zero attached hydrogens (tertiary/aromatic N) is 8. The number of allylic oxidation sites excluding steroid dienone is 6. The molecular weight excluding hydrogens is 1670 g/mol. The van der Waals surface area contributed by atoms with Crippen LogP contribution in [0.15, 0.2) is 280 Å².